The second kappa shape index (κ2) is 9.45. The van der Waals surface area contributed by atoms with Crippen molar-refractivity contribution in [3.05, 3.63) is 93.5 Å². The summed E-state index contributed by atoms with van der Waals surface area (Å²) in [6.45, 7) is 1.95. The van der Waals surface area contributed by atoms with Gasteiger partial charge in [-0.3, -0.25) is 20.4 Å². The van der Waals surface area contributed by atoms with Gasteiger partial charge in [0, 0.05) is 11.3 Å². The molecule has 0 aliphatic carbocycles. The van der Waals surface area contributed by atoms with Gasteiger partial charge in [0.25, 0.3) is 5.91 Å². The first kappa shape index (κ1) is 20.7. The van der Waals surface area contributed by atoms with Crippen molar-refractivity contribution in [3.8, 4) is 0 Å². The Hall–Kier alpha value is -3.02. The third-order valence-electron chi connectivity index (χ3n) is 4.24. The third kappa shape index (κ3) is 5.73. The van der Waals surface area contributed by atoms with Gasteiger partial charge >= 0.3 is 0 Å². The van der Waals surface area contributed by atoms with Crippen LogP contribution in [0.25, 0.3) is 0 Å². The van der Waals surface area contributed by atoms with Gasteiger partial charge in [-0.15, -0.1) is 0 Å². The summed E-state index contributed by atoms with van der Waals surface area (Å²) in [6, 6.07) is 19.4. The van der Waals surface area contributed by atoms with Crippen molar-refractivity contribution < 1.29 is 9.59 Å². The number of para-hydroxylation sites is 1. The van der Waals surface area contributed by atoms with Gasteiger partial charge in [0.1, 0.15) is 0 Å². The Morgan fingerprint density at radius 2 is 1.62 bits per heavy atom. The minimum absolute atomic E-state index is 0.166. The number of hydrogen-bond donors (Lipinski definition) is 3. The molecule has 3 aromatic rings. The lowest BCUT2D eigenvalue weighted by molar-refractivity contribution is -0.115. The Bertz CT molecular complexity index is 1040. The average molecular weight is 428 g/mol. The van der Waals surface area contributed by atoms with Crippen LogP contribution in [0.15, 0.2) is 66.7 Å². The van der Waals surface area contributed by atoms with Gasteiger partial charge in [0.05, 0.1) is 22.2 Å². The number of amides is 2. The summed E-state index contributed by atoms with van der Waals surface area (Å²) in [4.78, 5) is 24.5. The van der Waals surface area contributed by atoms with Crippen molar-refractivity contribution in [3.63, 3.8) is 0 Å². The molecule has 0 bridgehead atoms. The molecule has 0 heterocycles. The number of hydrazine groups is 1. The fraction of sp³-hybridized carbons (Fsp3) is 0.0909. The first-order valence-electron chi connectivity index (χ1n) is 8.88. The third-order valence-corrected chi connectivity index (χ3v) is 4.97. The smallest absolute Gasteiger partial charge is 0.269 e. The minimum atomic E-state index is -0.276. The average Bonchev–Trinajstić information content (AvgIpc) is 2.70. The molecule has 0 atom stereocenters. The fourth-order valence-corrected chi connectivity index (χ4v) is 2.98. The highest BCUT2D eigenvalue weighted by Crippen LogP contribution is 2.23. The lowest BCUT2D eigenvalue weighted by atomic mass is 10.1. The lowest BCUT2D eigenvalue weighted by Crippen LogP contribution is -2.29. The van der Waals surface area contributed by atoms with Crippen LogP contribution >= 0.6 is 23.2 Å². The minimum Gasteiger partial charge on any atom is -0.326 e. The quantitative estimate of drug-likeness (QED) is 0.471. The highest BCUT2D eigenvalue weighted by Gasteiger charge is 2.09. The molecule has 0 aliphatic rings. The SMILES string of the molecule is Cc1ccccc1NNC(=O)c1ccc(NC(=O)Cc2ccc(Cl)c(Cl)c2)cc1. The summed E-state index contributed by atoms with van der Waals surface area (Å²) in [5.74, 6) is -0.469. The molecule has 148 valence electrons. The standard InChI is InChI=1S/C22H19Cl2N3O2/c1-14-4-2-3-5-20(14)26-27-22(29)16-7-9-17(10-8-16)25-21(28)13-15-6-11-18(23)19(24)12-15/h2-12,26H,13H2,1H3,(H,25,28)(H,27,29). The van der Waals surface area contributed by atoms with E-state index in [0.29, 0.717) is 21.3 Å². The molecule has 0 aliphatic heterocycles. The van der Waals surface area contributed by atoms with Gasteiger partial charge in [-0.1, -0.05) is 47.5 Å². The highest BCUT2D eigenvalue weighted by atomic mass is 35.5. The molecule has 0 unspecified atom stereocenters. The Balaban J connectivity index is 1.55. The van der Waals surface area contributed by atoms with Crippen LogP contribution in [0, 0.1) is 6.92 Å². The van der Waals surface area contributed by atoms with Crippen LogP contribution in [0.2, 0.25) is 10.0 Å². The molecule has 2 amide bonds. The molecule has 0 aromatic heterocycles. The molecule has 0 spiro atoms. The van der Waals surface area contributed by atoms with E-state index in [1.54, 1.807) is 42.5 Å². The molecule has 3 rings (SSSR count). The molecular formula is C22H19Cl2N3O2. The first-order valence-corrected chi connectivity index (χ1v) is 9.64. The largest absolute Gasteiger partial charge is 0.326 e. The molecule has 0 saturated carbocycles. The van der Waals surface area contributed by atoms with Crippen LogP contribution in [-0.4, -0.2) is 11.8 Å². The maximum atomic E-state index is 12.3. The van der Waals surface area contributed by atoms with Crippen molar-refractivity contribution in [2.45, 2.75) is 13.3 Å². The van der Waals surface area contributed by atoms with Crippen LogP contribution < -0.4 is 16.2 Å². The van der Waals surface area contributed by atoms with Gasteiger partial charge in [0.2, 0.25) is 5.91 Å². The number of anilines is 2. The Kier molecular flexibility index (Phi) is 6.75. The van der Waals surface area contributed by atoms with Gasteiger partial charge in [-0.05, 0) is 60.5 Å². The predicted octanol–water partition coefficient (Wildman–Crippen LogP) is 5.24. The molecule has 29 heavy (non-hydrogen) atoms. The Morgan fingerprint density at radius 1 is 0.897 bits per heavy atom. The van der Waals surface area contributed by atoms with Crippen molar-refractivity contribution >= 4 is 46.4 Å². The fourth-order valence-electron chi connectivity index (χ4n) is 2.65. The summed E-state index contributed by atoms with van der Waals surface area (Å²) in [7, 11) is 0. The van der Waals surface area contributed by atoms with E-state index in [2.05, 4.69) is 16.2 Å². The number of hydrogen-bond acceptors (Lipinski definition) is 3. The molecular weight excluding hydrogens is 409 g/mol. The number of halogens is 2. The second-order valence-electron chi connectivity index (χ2n) is 6.44. The number of rotatable bonds is 6. The molecule has 5 nitrogen and oxygen atoms in total. The van der Waals surface area contributed by atoms with Crippen molar-refractivity contribution in [2.24, 2.45) is 0 Å². The number of carbonyl (C=O) groups is 2. The van der Waals surface area contributed by atoms with Gasteiger partial charge in [-0.2, -0.15) is 0 Å². The van der Waals surface area contributed by atoms with Gasteiger partial charge in [0.15, 0.2) is 0 Å². The Labute approximate surface area is 179 Å². The van der Waals surface area contributed by atoms with E-state index in [9.17, 15) is 9.59 Å². The number of benzene rings is 3. The van der Waals surface area contributed by atoms with Crippen LogP contribution in [0.5, 0.6) is 0 Å². The lowest BCUT2D eigenvalue weighted by Gasteiger charge is -2.11. The molecule has 7 heteroatoms. The maximum absolute atomic E-state index is 12.3. The van der Waals surface area contributed by atoms with Crippen LogP contribution in [0.1, 0.15) is 21.5 Å². The normalized spacial score (nSPS) is 10.3. The van der Waals surface area contributed by atoms with Crippen molar-refractivity contribution in [2.75, 3.05) is 10.7 Å². The zero-order valence-electron chi connectivity index (χ0n) is 15.6. The summed E-state index contributed by atoms with van der Waals surface area (Å²) in [6.07, 6.45) is 0.166. The van der Waals surface area contributed by atoms with E-state index < -0.39 is 0 Å². The van der Waals surface area contributed by atoms with Gasteiger partial charge in [-0.25, -0.2) is 0 Å². The first-order chi connectivity index (χ1) is 13.9. The summed E-state index contributed by atoms with van der Waals surface area (Å²) >= 11 is 11.9. The highest BCUT2D eigenvalue weighted by molar-refractivity contribution is 6.42. The van der Waals surface area contributed by atoms with Crippen molar-refractivity contribution in [1.82, 2.24) is 5.43 Å². The summed E-state index contributed by atoms with van der Waals surface area (Å²) < 4.78 is 0. The van der Waals surface area contributed by atoms with E-state index in [1.165, 1.54) is 0 Å². The maximum Gasteiger partial charge on any atom is 0.269 e. The van der Waals surface area contributed by atoms with Crippen LogP contribution in [0.4, 0.5) is 11.4 Å². The zero-order chi connectivity index (χ0) is 20.8. The molecule has 0 radical (unpaired) electrons. The predicted molar refractivity (Wildman–Crippen MR) is 118 cm³/mol. The van der Waals surface area contributed by atoms with Crippen LogP contribution in [-0.2, 0) is 11.2 Å². The van der Waals surface area contributed by atoms with E-state index in [0.717, 1.165) is 16.8 Å². The monoisotopic (exact) mass is 427 g/mol. The van der Waals surface area contributed by atoms with E-state index in [-0.39, 0.29) is 18.2 Å². The molecule has 0 fully saturated rings. The molecule has 3 N–H and O–H groups in total. The number of carbonyl (C=O) groups excluding carboxylic acids is 2. The number of aryl methyl sites for hydroxylation is 1. The number of nitrogens with one attached hydrogen (secondary N) is 3. The van der Waals surface area contributed by atoms with E-state index in [4.69, 9.17) is 23.2 Å². The van der Waals surface area contributed by atoms with Crippen LogP contribution in [0.3, 0.4) is 0 Å². The summed E-state index contributed by atoms with van der Waals surface area (Å²) in [5, 5.41) is 3.65. The molecule has 0 saturated heterocycles. The second-order valence-corrected chi connectivity index (χ2v) is 7.26. The Morgan fingerprint density at radius 3 is 2.31 bits per heavy atom. The van der Waals surface area contributed by atoms with E-state index >= 15 is 0 Å². The van der Waals surface area contributed by atoms with E-state index in [1.807, 2.05) is 31.2 Å². The van der Waals surface area contributed by atoms with Gasteiger partial charge < -0.3 is 5.32 Å². The summed E-state index contributed by atoms with van der Waals surface area (Å²) in [5.41, 5.74) is 9.23. The molecule has 3 aromatic carbocycles. The van der Waals surface area contributed by atoms with Crippen molar-refractivity contribution in [1.29, 1.82) is 0 Å². The topological polar surface area (TPSA) is 70.2 Å². The zero-order valence-corrected chi connectivity index (χ0v) is 17.1.